The molecule has 2 N–H and O–H groups in total. The van der Waals surface area contributed by atoms with Crippen LogP contribution in [0.1, 0.15) is 24.2 Å². The first-order valence-corrected chi connectivity index (χ1v) is 11.1. The fourth-order valence-corrected chi connectivity index (χ4v) is 4.34. The number of rotatable bonds is 8. The highest BCUT2D eigenvalue weighted by Crippen LogP contribution is 2.32. The van der Waals surface area contributed by atoms with Gasteiger partial charge in [0.25, 0.3) is 11.7 Å². The Kier molecular flexibility index (Phi) is 7.45. The number of thiazole rings is 1. The topological polar surface area (TPSA) is 80.3 Å². The third-order valence-corrected chi connectivity index (χ3v) is 6.04. The van der Waals surface area contributed by atoms with E-state index in [4.69, 9.17) is 4.74 Å². The number of ether oxygens (including phenoxy) is 1. The molecule has 2 amide bonds. The molecule has 1 aromatic heterocycles. The third-order valence-electron chi connectivity index (χ3n) is 4.40. The smallest absolute Gasteiger partial charge is 0.288 e. The number of methoxy groups -OCH3 is 1. The lowest BCUT2D eigenvalue weighted by molar-refractivity contribution is -0.118. The zero-order valence-electron chi connectivity index (χ0n) is 17.0. The molecule has 3 rings (SSSR count). The zero-order chi connectivity index (χ0) is 22.5. The number of alkyl halides is 2. The van der Waals surface area contributed by atoms with Crippen molar-refractivity contribution in [1.29, 1.82) is 0 Å². The number of hydrogen-bond donors (Lipinski definition) is 2. The molecule has 0 bridgehead atoms. The molecular weight excluding hydrogens is 444 g/mol. The van der Waals surface area contributed by atoms with E-state index in [1.54, 1.807) is 42.5 Å². The van der Waals surface area contributed by atoms with E-state index in [0.29, 0.717) is 43.3 Å². The molecule has 164 valence electrons. The average molecular weight is 466 g/mol. The SMILES string of the molecule is COc1ccc(C(=O)N[C@H](C(=O)Nc2nc3ccc(SC(F)F)cc3s2)C(C)C)cc1. The van der Waals surface area contributed by atoms with E-state index in [2.05, 4.69) is 15.6 Å². The van der Waals surface area contributed by atoms with Gasteiger partial charge in [0, 0.05) is 10.5 Å². The van der Waals surface area contributed by atoms with Gasteiger partial charge in [0.2, 0.25) is 5.91 Å². The first-order valence-electron chi connectivity index (χ1n) is 9.38. The molecule has 0 saturated heterocycles. The number of anilines is 1. The molecule has 0 saturated carbocycles. The summed E-state index contributed by atoms with van der Waals surface area (Å²) in [6.45, 7) is 3.65. The van der Waals surface area contributed by atoms with Gasteiger partial charge < -0.3 is 15.4 Å². The normalized spacial score (nSPS) is 12.2. The van der Waals surface area contributed by atoms with Gasteiger partial charge in [-0.1, -0.05) is 36.9 Å². The number of aromatic nitrogens is 1. The van der Waals surface area contributed by atoms with Gasteiger partial charge in [0.1, 0.15) is 11.8 Å². The number of benzene rings is 2. The Labute approximate surface area is 186 Å². The van der Waals surface area contributed by atoms with E-state index < -0.39 is 17.7 Å². The van der Waals surface area contributed by atoms with Crippen molar-refractivity contribution in [1.82, 2.24) is 10.3 Å². The molecule has 10 heteroatoms. The summed E-state index contributed by atoms with van der Waals surface area (Å²) in [6.07, 6.45) is 0. The van der Waals surface area contributed by atoms with E-state index in [1.807, 2.05) is 13.8 Å². The molecular formula is C21H21F2N3O3S2. The predicted octanol–water partition coefficient (Wildman–Crippen LogP) is 5.01. The number of amides is 2. The lowest BCUT2D eigenvalue weighted by Gasteiger charge is -2.21. The second kappa shape index (κ2) is 10.1. The van der Waals surface area contributed by atoms with Crippen molar-refractivity contribution < 1.29 is 23.1 Å². The van der Waals surface area contributed by atoms with Gasteiger partial charge in [-0.15, -0.1) is 0 Å². The van der Waals surface area contributed by atoms with Crippen molar-refractivity contribution >= 4 is 50.3 Å². The van der Waals surface area contributed by atoms with Crippen molar-refractivity contribution in [2.75, 3.05) is 12.4 Å². The maximum Gasteiger partial charge on any atom is 0.288 e. The van der Waals surface area contributed by atoms with E-state index in [0.717, 1.165) is 0 Å². The number of fused-ring (bicyclic) bond motifs is 1. The number of halogens is 2. The highest BCUT2D eigenvalue weighted by Gasteiger charge is 2.25. The van der Waals surface area contributed by atoms with E-state index >= 15 is 0 Å². The van der Waals surface area contributed by atoms with Crippen LogP contribution in [0.3, 0.4) is 0 Å². The fourth-order valence-electron chi connectivity index (χ4n) is 2.82. The van der Waals surface area contributed by atoms with E-state index in [9.17, 15) is 18.4 Å². The number of hydrogen-bond acceptors (Lipinski definition) is 6. The molecule has 0 radical (unpaired) electrons. The molecule has 0 unspecified atom stereocenters. The summed E-state index contributed by atoms with van der Waals surface area (Å²) in [5.41, 5.74) is 1.01. The Bertz CT molecular complexity index is 1070. The molecule has 1 heterocycles. The highest BCUT2D eigenvalue weighted by molar-refractivity contribution is 7.99. The zero-order valence-corrected chi connectivity index (χ0v) is 18.7. The number of nitrogens with one attached hydrogen (secondary N) is 2. The summed E-state index contributed by atoms with van der Waals surface area (Å²) in [5.74, 6) is -2.84. The molecule has 0 aliphatic rings. The van der Waals surface area contributed by atoms with Crippen LogP contribution in [0.2, 0.25) is 0 Å². The predicted molar refractivity (Wildman–Crippen MR) is 119 cm³/mol. The molecule has 1 atom stereocenters. The first kappa shape index (κ1) is 23.0. The summed E-state index contributed by atoms with van der Waals surface area (Å²) >= 11 is 1.64. The van der Waals surface area contributed by atoms with Crippen molar-refractivity contribution in [3.8, 4) is 5.75 Å². The van der Waals surface area contributed by atoms with Gasteiger partial charge >= 0.3 is 0 Å². The average Bonchev–Trinajstić information content (AvgIpc) is 3.12. The lowest BCUT2D eigenvalue weighted by atomic mass is 10.0. The highest BCUT2D eigenvalue weighted by atomic mass is 32.2. The molecule has 3 aromatic rings. The summed E-state index contributed by atoms with van der Waals surface area (Å²) in [5, 5.41) is 5.82. The number of thioether (sulfide) groups is 1. The maximum absolute atomic E-state index is 12.8. The molecule has 0 aliphatic carbocycles. The molecule has 2 aromatic carbocycles. The molecule has 0 aliphatic heterocycles. The summed E-state index contributed by atoms with van der Waals surface area (Å²) in [4.78, 5) is 30.2. The van der Waals surface area contributed by atoms with Crippen molar-refractivity contribution in [3.63, 3.8) is 0 Å². The third kappa shape index (κ3) is 5.92. The van der Waals surface area contributed by atoms with Crippen LogP contribution in [-0.2, 0) is 4.79 Å². The Morgan fingerprint density at radius 2 is 1.84 bits per heavy atom. The maximum atomic E-state index is 12.8. The molecule has 31 heavy (non-hydrogen) atoms. The van der Waals surface area contributed by atoms with Crippen LogP contribution in [-0.4, -0.2) is 35.7 Å². The van der Waals surface area contributed by atoms with E-state index in [1.165, 1.54) is 18.4 Å². The summed E-state index contributed by atoms with van der Waals surface area (Å²) in [7, 11) is 1.54. The monoisotopic (exact) mass is 465 g/mol. The van der Waals surface area contributed by atoms with Crippen LogP contribution in [0.4, 0.5) is 13.9 Å². The standard InChI is InChI=1S/C21H21F2N3O3S2/c1-11(2)17(25-18(27)12-4-6-13(29-3)7-5-12)19(28)26-21-24-15-9-8-14(30-20(22)23)10-16(15)31-21/h4-11,17,20H,1-3H3,(H,25,27)(H,24,26,28)/t17-/m0/s1. The van der Waals surface area contributed by atoms with Crippen LogP contribution in [0, 0.1) is 5.92 Å². The van der Waals surface area contributed by atoms with Crippen molar-refractivity contribution in [3.05, 3.63) is 48.0 Å². The Balaban J connectivity index is 1.71. The quantitative estimate of drug-likeness (QED) is 0.457. The second-order valence-electron chi connectivity index (χ2n) is 6.94. The Morgan fingerprint density at radius 3 is 2.45 bits per heavy atom. The molecule has 0 fully saturated rings. The van der Waals surface area contributed by atoms with Gasteiger partial charge in [-0.05, 0) is 48.4 Å². The molecule has 0 spiro atoms. The van der Waals surface area contributed by atoms with Crippen LogP contribution >= 0.6 is 23.1 Å². The van der Waals surface area contributed by atoms with Gasteiger partial charge in [-0.3, -0.25) is 9.59 Å². The van der Waals surface area contributed by atoms with E-state index in [-0.39, 0.29) is 11.8 Å². The van der Waals surface area contributed by atoms with Crippen molar-refractivity contribution in [2.45, 2.75) is 30.5 Å². The second-order valence-corrected chi connectivity index (χ2v) is 9.03. The van der Waals surface area contributed by atoms with Gasteiger partial charge in [0.15, 0.2) is 5.13 Å². The summed E-state index contributed by atoms with van der Waals surface area (Å²) in [6, 6.07) is 10.6. The van der Waals surface area contributed by atoms with Crippen LogP contribution in [0.5, 0.6) is 5.75 Å². The van der Waals surface area contributed by atoms with Gasteiger partial charge in [-0.25, -0.2) is 4.98 Å². The van der Waals surface area contributed by atoms with Crippen LogP contribution in [0.25, 0.3) is 10.2 Å². The Hall–Kier alpha value is -2.72. The lowest BCUT2D eigenvalue weighted by Crippen LogP contribution is -2.47. The summed E-state index contributed by atoms with van der Waals surface area (Å²) < 4.78 is 30.9. The van der Waals surface area contributed by atoms with Gasteiger partial charge in [0.05, 0.1) is 17.3 Å². The number of nitrogens with zero attached hydrogens (tertiary/aromatic N) is 1. The Morgan fingerprint density at radius 1 is 1.13 bits per heavy atom. The fraction of sp³-hybridized carbons (Fsp3) is 0.286. The minimum Gasteiger partial charge on any atom is -0.497 e. The van der Waals surface area contributed by atoms with Crippen molar-refractivity contribution in [2.24, 2.45) is 5.92 Å². The number of carbonyl (C=O) groups is 2. The molecule has 6 nitrogen and oxygen atoms in total. The first-order chi connectivity index (χ1) is 14.8. The number of carbonyl (C=O) groups excluding carboxylic acids is 2. The van der Waals surface area contributed by atoms with Gasteiger partial charge in [-0.2, -0.15) is 8.78 Å². The minimum atomic E-state index is -2.51. The minimum absolute atomic E-state index is 0.175. The van der Waals surface area contributed by atoms with Crippen LogP contribution in [0.15, 0.2) is 47.4 Å². The largest absolute Gasteiger partial charge is 0.497 e. The van der Waals surface area contributed by atoms with Crippen LogP contribution < -0.4 is 15.4 Å².